The number of amidine groups is 1. The lowest BCUT2D eigenvalue weighted by Crippen LogP contribution is -2.36. The zero-order valence-corrected chi connectivity index (χ0v) is 9.68. The van der Waals surface area contributed by atoms with E-state index in [1.807, 2.05) is 12.4 Å². The van der Waals surface area contributed by atoms with Crippen molar-refractivity contribution in [1.29, 1.82) is 5.26 Å². The number of nitrogens with zero attached hydrogens (tertiary/aromatic N) is 3. The minimum absolute atomic E-state index is 0.872. The summed E-state index contributed by atoms with van der Waals surface area (Å²) in [5.74, 6) is 0.872. The van der Waals surface area contributed by atoms with Gasteiger partial charge in [-0.15, -0.1) is 4.99 Å². The van der Waals surface area contributed by atoms with E-state index in [2.05, 4.69) is 16.8 Å². The fraction of sp³-hybridized carbons (Fsp3) is 0.800. The van der Waals surface area contributed by atoms with Crippen LogP contribution in [0.4, 0.5) is 0 Å². The molecule has 1 aliphatic heterocycles. The first-order valence-corrected chi connectivity index (χ1v) is 6.30. The molecule has 3 nitrogen and oxygen atoms in total. The normalized spacial score (nSPS) is 19.5. The van der Waals surface area contributed by atoms with Crippen molar-refractivity contribution < 1.29 is 0 Å². The number of hydrogen-bond acceptors (Lipinski definition) is 3. The molecule has 0 bridgehead atoms. The Morgan fingerprint density at radius 1 is 1.57 bits per heavy atom. The van der Waals surface area contributed by atoms with Gasteiger partial charge in [0.2, 0.25) is 6.19 Å². The zero-order valence-electron chi connectivity index (χ0n) is 8.86. The van der Waals surface area contributed by atoms with Crippen LogP contribution in [-0.4, -0.2) is 29.4 Å². The largest absolute Gasteiger partial charge is 0.351 e. The Morgan fingerprint density at radius 2 is 2.21 bits per heavy atom. The lowest BCUT2D eigenvalue weighted by Gasteiger charge is -2.32. The maximum atomic E-state index is 8.52. The highest BCUT2D eigenvalue weighted by Gasteiger charge is 2.19. The van der Waals surface area contributed by atoms with Gasteiger partial charge in [-0.3, -0.25) is 0 Å². The third-order valence-electron chi connectivity index (χ3n) is 2.79. The van der Waals surface area contributed by atoms with Gasteiger partial charge in [-0.05, 0) is 25.0 Å². The molecule has 0 aliphatic carbocycles. The molecule has 1 fully saturated rings. The molecule has 0 spiro atoms. The van der Waals surface area contributed by atoms with Gasteiger partial charge in [0.25, 0.3) is 0 Å². The summed E-state index contributed by atoms with van der Waals surface area (Å²) in [7, 11) is 0. The Kier molecular flexibility index (Phi) is 4.81. The monoisotopic (exact) mass is 211 g/mol. The van der Waals surface area contributed by atoms with Crippen LogP contribution in [0.5, 0.6) is 0 Å². The van der Waals surface area contributed by atoms with E-state index in [4.69, 9.17) is 5.26 Å². The van der Waals surface area contributed by atoms with Gasteiger partial charge in [-0.25, -0.2) is 0 Å². The maximum absolute atomic E-state index is 8.52. The summed E-state index contributed by atoms with van der Waals surface area (Å²) in [6.07, 6.45) is 7.59. The molecule has 1 rings (SSSR count). The maximum Gasteiger partial charge on any atom is 0.208 e. The Labute approximate surface area is 90.2 Å². The Hall–Kier alpha value is -0.690. The summed E-state index contributed by atoms with van der Waals surface area (Å²) >= 11 is 1.56. The number of likely N-dealkylation sites (tertiary alicyclic amines) is 1. The summed E-state index contributed by atoms with van der Waals surface area (Å²) in [4.78, 5) is 6.05. The van der Waals surface area contributed by atoms with Crippen LogP contribution in [0, 0.1) is 17.4 Å². The van der Waals surface area contributed by atoms with Crippen molar-refractivity contribution in [2.45, 2.75) is 26.2 Å². The van der Waals surface area contributed by atoms with Gasteiger partial charge >= 0.3 is 0 Å². The Balaban J connectivity index is 2.48. The van der Waals surface area contributed by atoms with Gasteiger partial charge in [0.1, 0.15) is 0 Å². The van der Waals surface area contributed by atoms with E-state index in [0.717, 1.165) is 24.2 Å². The molecule has 0 atom stereocenters. The molecule has 0 aromatic carbocycles. The van der Waals surface area contributed by atoms with Crippen molar-refractivity contribution in [3.8, 4) is 6.19 Å². The van der Waals surface area contributed by atoms with Crippen LogP contribution in [0.3, 0.4) is 0 Å². The van der Waals surface area contributed by atoms with E-state index in [9.17, 15) is 0 Å². The molecule has 0 N–H and O–H groups in total. The summed E-state index contributed by atoms with van der Waals surface area (Å²) in [5, 5.41) is 9.40. The molecule has 1 heterocycles. The second kappa shape index (κ2) is 5.92. The highest BCUT2D eigenvalue weighted by molar-refractivity contribution is 8.13. The number of thioether (sulfide) groups is 1. The van der Waals surface area contributed by atoms with Crippen LogP contribution in [0.25, 0.3) is 0 Å². The SMILES string of the molecule is CCC1CCN(C(=NC#N)SC)CC1. The van der Waals surface area contributed by atoms with Crippen molar-refractivity contribution >= 4 is 16.9 Å². The molecule has 0 saturated carbocycles. The number of aliphatic imine (C=N–C) groups is 1. The highest BCUT2D eigenvalue weighted by atomic mass is 32.2. The van der Waals surface area contributed by atoms with E-state index in [0.29, 0.717) is 0 Å². The fourth-order valence-electron chi connectivity index (χ4n) is 1.82. The Morgan fingerprint density at radius 3 is 2.64 bits per heavy atom. The molecular formula is C10H17N3S. The molecular weight excluding hydrogens is 194 g/mol. The predicted molar refractivity (Wildman–Crippen MR) is 61.2 cm³/mol. The number of nitriles is 1. The van der Waals surface area contributed by atoms with Gasteiger partial charge in [-0.1, -0.05) is 25.1 Å². The predicted octanol–water partition coefficient (Wildman–Crippen LogP) is 2.31. The van der Waals surface area contributed by atoms with E-state index < -0.39 is 0 Å². The molecule has 0 radical (unpaired) electrons. The van der Waals surface area contributed by atoms with E-state index >= 15 is 0 Å². The average Bonchev–Trinajstić information content (AvgIpc) is 2.26. The van der Waals surface area contributed by atoms with Crippen LogP contribution in [0.2, 0.25) is 0 Å². The average molecular weight is 211 g/mol. The summed E-state index contributed by atoms with van der Waals surface area (Å²) < 4.78 is 0. The minimum Gasteiger partial charge on any atom is -0.351 e. The molecule has 78 valence electrons. The highest BCUT2D eigenvalue weighted by Crippen LogP contribution is 2.21. The lowest BCUT2D eigenvalue weighted by atomic mass is 9.95. The fourth-order valence-corrected chi connectivity index (χ4v) is 2.39. The van der Waals surface area contributed by atoms with E-state index in [1.165, 1.54) is 19.3 Å². The van der Waals surface area contributed by atoms with Crippen molar-refractivity contribution in [2.24, 2.45) is 10.9 Å². The molecule has 0 unspecified atom stereocenters. The van der Waals surface area contributed by atoms with Gasteiger partial charge in [0.15, 0.2) is 5.17 Å². The second-order valence-corrected chi connectivity index (χ2v) is 4.31. The van der Waals surface area contributed by atoms with Crippen LogP contribution < -0.4 is 0 Å². The zero-order chi connectivity index (χ0) is 10.4. The molecule has 1 saturated heterocycles. The number of hydrogen-bond donors (Lipinski definition) is 0. The standard InChI is InChI=1S/C10H17N3S/c1-3-9-4-6-13(7-5-9)10(14-2)12-8-11/h9H,3-7H2,1-2H3. The molecule has 14 heavy (non-hydrogen) atoms. The topological polar surface area (TPSA) is 39.4 Å². The number of rotatable bonds is 1. The van der Waals surface area contributed by atoms with Gasteiger partial charge in [-0.2, -0.15) is 5.26 Å². The minimum atomic E-state index is 0.872. The van der Waals surface area contributed by atoms with Crippen molar-refractivity contribution in [1.82, 2.24) is 4.90 Å². The van der Waals surface area contributed by atoms with Crippen LogP contribution >= 0.6 is 11.8 Å². The van der Waals surface area contributed by atoms with Gasteiger partial charge in [0, 0.05) is 13.1 Å². The summed E-state index contributed by atoms with van der Waals surface area (Å²) in [5.41, 5.74) is 0. The smallest absolute Gasteiger partial charge is 0.208 e. The van der Waals surface area contributed by atoms with Crippen LogP contribution in [0.15, 0.2) is 4.99 Å². The molecule has 0 aromatic heterocycles. The molecule has 0 aromatic rings. The van der Waals surface area contributed by atoms with Crippen molar-refractivity contribution in [3.05, 3.63) is 0 Å². The van der Waals surface area contributed by atoms with Crippen LogP contribution in [0.1, 0.15) is 26.2 Å². The van der Waals surface area contributed by atoms with E-state index in [1.54, 1.807) is 11.8 Å². The summed E-state index contributed by atoms with van der Waals surface area (Å²) in [6.45, 7) is 4.36. The second-order valence-electron chi connectivity index (χ2n) is 3.54. The first kappa shape index (κ1) is 11.4. The molecule has 0 amide bonds. The number of piperidine rings is 1. The molecule has 1 aliphatic rings. The first-order chi connectivity index (χ1) is 6.81. The van der Waals surface area contributed by atoms with Crippen molar-refractivity contribution in [3.63, 3.8) is 0 Å². The van der Waals surface area contributed by atoms with Gasteiger partial charge in [0.05, 0.1) is 0 Å². The summed E-state index contributed by atoms with van der Waals surface area (Å²) in [6, 6.07) is 0. The Bertz CT molecular complexity index is 236. The first-order valence-electron chi connectivity index (χ1n) is 5.07. The molecule has 4 heteroatoms. The van der Waals surface area contributed by atoms with Gasteiger partial charge < -0.3 is 4.90 Å². The third-order valence-corrected chi connectivity index (χ3v) is 3.51. The van der Waals surface area contributed by atoms with Crippen LogP contribution in [-0.2, 0) is 0 Å². The van der Waals surface area contributed by atoms with E-state index in [-0.39, 0.29) is 0 Å². The van der Waals surface area contributed by atoms with Crippen molar-refractivity contribution in [2.75, 3.05) is 19.3 Å². The quantitative estimate of drug-likeness (QED) is 0.379. The lowest BCUT2D eigenvalue weighted by molar-refractivity contribution is 0.265. The third kappa shape index (κ3) is 2.91.